The molecule has 0 saturated carbocycles. The van der Waals surface area contributed by atoms with E-state index in [4.69, 9.17) is 0 Å². The van der Waals surface area contributed by atoms with E-state index in [1.807, 2.05) is 4.90 Å². The number of aromatic nitrogens is 1. The number of carbonyl (C=O) groups excluding carboxylic acids is 1. The van der Waals surface area contributed by atoms with Crippen LogP contribution in [0, 0.1) is 0 Å². The number of piperidine rings is 1. The van der Waals surface area contributed by atoms with E-state index in [1.54, 1.807) is 0 Å². The van der Waals surface area contributed by atoms with E-state index in [-0.39, 0.29) is 4.82 Å². The quantitative estimate of drug-likeness (QED) is 0.630. The largest absolute Gasteiger partial charge is 0.361 e. The van der Waals surface area contributed by atoms with Gasteiger partial charge in [-0.3, -0.25) is 4.79 Å². The van der Waals surface area contributed by atoms with Crippen LogP contribution in [0.3, 0.4) is 0 Å². The van der Waals surface area contributed by atoms with Gasteiger partial charge < -0.3 is 9.88 Å². The van der Waals surface area contributed by atoms with Gasteiger partial charge in [-0.15, -0.1) is 0 Å². The van der Waals surface area contributed by atoms with Crippen molar-refractivity contribution in [2.75, 3.05) is 13.1 Å². The number of nitrogens with zero attached hydrogens (tertiary/aromatic N) is 1. The molecule has 18 heavy (non-hydrogen) atoms. The molecule has 0 atom stereocenters. The Labute approximate surface area is 114 Å². The summed E-state index contributed by atoms with van der Waals surface area (Å²) in [6, 6.07) is 8.41. The average Bonchev–Trinajstić information content (AvgIpc) is 2.82. The molecule has 1 aliphatic heterocycles. The van der Waals surface area contributed by atoms with Crippen molar-refractivity contribution in [1.29, 1.82) is 0 Å². The number of H-pyrrole nitrogens is 1. The van der Waals surface area contributed by atoms with Crippen LogP contribution in [0.25, 0.3) is 10.9 Å². The molecule has 3 nitrogen and oxygen atoms in total. The zero-order valence-corrected chi connectivity index (χ0v) is 11.6. The number of hydrogen-bond donors (Lipinski definition) is 1. The van der Waals surface area contributed by atoms with Gasteiger partial charge in [0.05, 0.1) is 0 Å². The van der Waals surface area contributed by atoms with E-state index in [0.29, 0.717) is 5.92 Å². The van der Waals surface area contributed by atoms with Crippen molar-refractivity contribution in [1.82, 2.24) is 9.88 Å². The van der Waals surface area contributed by atoms with Gasteiger partial charge in [0.15, 0.2) is 0 Å². The van der Waals surface area contributed by atoms with Crippen LogP contribution in [-0.2, 0) is 0 Å². The van der Waals surface area contributed by atoms with Crippen LogP contribution in [0.4, 0.5) is 4.79 Å². The summed E-state index contributed by atoms with van der Waals surface area (Å²) >= 11 is 3.03. The van der Waals surface area contributed by atoms with Gasteiger partial charge in [0, 0.05) is 46.1 Å². The first-order valence-electron chi connectivity index (χ1n) is 6.26. The third-order valence-electron chi connectivity index (χ3n) is 3.80. The van der Waals surface area contributed by atoms with Crippen LogP contribution in [0.2, 0.25) is 0 Å². The monoisotopic (exact) mass is 306 g/mol. The fraction of sp³-hybridized carbons (Fsp3) is 0.357. The minimum atomic E-state index is 0.0138. The molecule has 1 aromatic heterocycles. The van der Waals surface area contributed by atoms with Gasteiger partial charge in [-0.1, -0.05) is 18.2 Å². The van der Waals surface area contributed by atoms with Crippen LogP contribution < -0.4 is 0 Å². The molecule has 0 bridgehead atoms. The van der Waals surface area contributed by atoms with Crippen molar-refractivity contribution >= 4 is 31.6 Å². The molecular formula is C14H15BrN2O. The van der Waals surface area contributed by atoms with Crippen molar-refractivity contribution in [3.05, 3.63) is 36.0 Å². The molecule has 0 radical (unpaired) electrons. The summed E-state index contributed by atoms with van der Waals surface area (Å²) in [6.07, 6.45) is 4.21. The Bertz CT molecular complexity index is 570. The predicted molar refractivity (Wildman–Crippen MR) is 76.2 cm³/mol. The van der Waals surface area contributed by atoms with E-state index >= 15 is 0 Å². The summed E-state index contributed by atoms with van der Waals surface area (Å²) in [4.78, 5) is 16.5. The van der Waals surface area contributed by atoms with Gasteiger partial charge in [-0.2, -0.15) is 0 Å². The van der Waals surface area contributed by atoms with E-state index in [2.05, 4.69) is 51.4 Å². The minimum Gasteiger partial charge on any atom is -0.361 e. The number of amides is 1. The number of likely N-dealkylation sites (tertiary alicyclic amines) is 1. The molecule has 1 amide bonds. The third kappa shape index (κ3) is 2.05. The lowest BCUT2D eigenvalue weighted by molar-refractivity contribution is 0.207. The number of hydrogen-bond acceptors (Lipinski definition) is 1. The van der Waals surface area contributed by atoms with Crippen LogP contribution in [-0.4, -0.2) is 27.8 Å². The Balaban J connectivity index is 1.82. The molecule has 1 saturated heterocycles. The van der Waals surface area contributed by atoms with Gasteiger partial charge in [-0.25, -0.2) is 0 Å². The summed E-state index contributed by atoms with van der Waals surface area (Å²) in [5.74, 6) is 0.559. The standard InChI is InChI=1S/C14H15BrN2O/c15-14(18)17-7-5-10(6-8-17)12-9-16-13-4-2-1-3-11(12)13/h1-4,9-10,16H,5-8H2. The smallest absolute Gasteiger partial charge is 0.289 e. The topological polar surface area (TPSA) is 36.1 Å². The van der Waals surface area contributed by atoms with Crippen molar-refractivity contribution in [3.8, 4) is 0 Å². The minimum absolute atomic E-state index is 0.0138. The molecule has 0 unspecified atom stereocenters. The van der Waals surface area contributed by atoms with Crippen molar-refractivity contribution in [3.63, 3.8) is 0 Å². The van der Waals surface area contributed by atoms with Gasteiger partial charge in [0.25, 0.3) is 4.82 Å². The third-order valence-corrected chi connectivity index (χ3v) is 4.31. The first-order valence-corrected chi connectivity index (χ1v) is 7.05. The Hall–Kier alpha value is -1.29. The van der Waals surface area contributed by atoms with Crippen LogP contribution in [0.15, 0.2) is 30.5 Å². The molecule has 1 N–H and O–H groups in total. The summed E-state index contributed by atoms with van der Waals surface area (Å²) in [6.45, 7) is 1.68. The van der Waals surface area contributed by atoms with Crippen LogP contribution >= 0.6 is 15.9 Å². The van der Waals surface area contributed by atoms with Crippen molar-refractivity contribution in [2.24, 2.45) is 0 Å². The zero-order chi connectivity index (χ0) is 12.5. The number of benzene rings is 1. The summed E-state index contributed by atoms with van der Waals surface area (Å²) in [5.41, 5.74) is 2.60. The number of aromatic amines is 1. The molecule has 1 fully saturated rings. The molecule has 4 heteroatoms. The first kappa shape index (κ1) is 11.8. The number of fused-ring (bicyclic) bond motifs is 1. The molecule has 94 valence electrons. The van der Waals surface area contributed by atoms with E-state index < -0.39 is 0 Å². The van der Waals surface area contributed by atoms with Crippen molar-refractivity contribution < 1.29 is 4.79 Å². The second-order valence-electron chi connectivity index (χ2n) is 4.80. The summed E-state index contributed by atoms with van der Waals surface area (Å²) in [7, 11) is 0. The molecular weight excluding hydrogens is 292 g/mol. The maximum atomic E-state index is 11.2. The number of carbonyl (C=O) groups is 1. The highest BCUT2D eigenvalue weighted by Gasteiger charge is 2.24. The van der Waals surface area contributed by atoms with Crippen molar-refractivity contribution in [2.45, 2.75) is 18.8 Å². The Kier molecular flexibility index (Phi) is 3.12. The Morgan fingerprint density at radius 3 is 2.72 bits per heavy atom. The Morgan fingerprint density at radius 1 is 1.28 bits per heavy atom. The predicted octanol–water partition coefficient (Wildman–Crippen LogP) is 3.86. The fourth-order valence-electron chi connectivity index (χ4n) is 2.80. The lowest BCUT2D eigenvalue weighted by atomic mass is 9.89. The molecule has 0 aliphatic carbocycles. The van der Waals surface area contributed by atoms with Crippen LogP contribution in [0.1, 0.15) is 24.3 Å². The molecule has 1 aliphatic rings. The second kappa shape index (κ2) is 4.76. The lowest BCUT2D eigenvalue weighted by Crippen LogP contribution is -2.34. The highest BCUT2D eigenvalue weighted by molar-refractivity contribution is 9.18. The van der Waals surface area contributed by atoms with Crippen LogP contribution in [0.5, 0.6) is 0 Å². The van der Waals surface area contributed by atoms with Gasteiger partial charge in [-0.05, 0) is 30.4 Å². The van der Waals surface area contributed by atoms with Gasteiger partial charge >= 0.3 is 0 Å². The highest BCUT2D eigenvalue weighted by atomic mass is 79.9. The highest BCUT2D eigenvalue weighted by Crippen LogP contribution is 2.33. The molecule has 0 spiro atoms. The molecule has 3 rings (SSSR count). The summed E-state index contributed by atoms with van der Waals surface area (Å²) < 4.78 is 0. The van der Waals surface area contributed by atoms with E-state index in [1.165, 1.54) is 16.5 Å². The van der Waals surface area contributed by atoms with Gasteiger partial charge in [0.2, 0.25) is 0 Å². The SMILES string of the molecule is O=C(Br)N1CCC(c2c[nH]c3ccccc23)CC1. The Morgan fingerprint density at radius 2 is 2.00 bits per heavy atom. The second-order valence-corrected chi connectivity index (χ2v) is 5.48. The maximum absolute atomic E-state index is 11.2. The normalized spacial score (nSPS) is 17.3. The molecule has 2 heterocycles. The van der Waals surface area contributed by atoms with E-state index in [0.717, 1.165) is 25.9 Å². The number of rotatable bonds is 1. The first-order chi connectivity index (χ1) is 8.75. The fourth-order valence-corrected chi connectivity index (χ4v) is 3.15. The zero-order valence-electron chi connectivity index (χ0n) is 10.0. The van der Waals surface area contributed by atoms with E-state index in [9.17, 15) is 4.79 Å². The number of nitrogens with one attached hydrogen (secondary N) is 1. The average molecular weight is 307 g/mol. The maximum Gasteiger partial charge on any atom is 0.289 e. The molecule has 2 aromatic rings. The molecule has 1 aromatic carbocycles. The van der Waals surface area contributed by atoms with Gasteiger partial charge in [0.1, 0.15) is 0 Å². The lowest BCUT2D eigenvalue weighted by Gasteiger charge is -2.30. The number of para-hydroxylation sites is 1. The number of halogens is 1. The summed E-state index contributed by atoms with van der Waals surface area (Å²) in [5, 5.41) is 1.32.